The first-order valence-electron chi connectivity index (χ1n) is 5.69. The first-order valence-corrected chi connectivity index (χ1v) is 7.39. The quantitative estimate of drug-likeness (QED) is 0.864. The Hall–Kier alpha value is -1.46. The van der Waals surface area contributed by atoms with Gasteiger partial charge >= 0.3 is 5.97 Å². The van der Waals surface area contributed by atoms with Crippen LogP contribution < -0.4 is 0 Å². The first kappa shape index (κ1) is 11.6. The molecular weight excluding hydrogens is 266 g/mol. The van der Waals surface area contributed by atoms with Crippen molar-refractivity contribution in [2.75, 3.05) is 0 Å². The summed E-state index contributed by atoms with van der Waals surface area (Å²) < 4.78 is 0. The second-order valence-electron chi connectivity index (χ2n) is 4.19. The van der Waals surface area contributed by atoms with E-state index in [0.29, 0.717) is 5.92 Å². The highest BCUT2D eigenvalue weighted by Gasteiger charge is 2.29. The van der Waals surface area contributed by atoms with Crippen LogP contribution in [-0.4, -0.2) is 16.1 Å². The zero-order valence-electron chi connectivity index (χ0n) is 9.50. The number of carboxylic acids is 1. The van der Waals surface area contributed by atoms with E-state index in [0.717, 1.165) is 20.5 Å². The Morgan fingerprint density at radius 3 is 2.94 bits per heavy atom. The molecule has 2 aromatic rings. The van der Waals surface area contributed by atoms with Crippen molar-refractivity contribution < 1.29 is 9.90 Å². The van der Waals surface area contributed by atoms with E-state index in [9.17, 15) is 4.79 Å². The predicted molar refractivity (Wildman–Crippen MR) is 74.1 cm³/mol. The number of aliphatic carboxylic acids is 1. The zero-order chi connectivity index (χ0) is 12.5. The summed E-state index contributed by atoms with van der Waals surface area (Å²) in [5, 5.41) is 11.7. The third-order valence-electron chi connectivity index (χ3n) is 2.75. The van der Waals surface area contributed by atoms with Gasteiger partial charge in [-0.25, -0.2) is 9.78 Å². The highest BCUT2D eigenvalue weighted by molar-refractivity contribution is 7.21. The Bertz CT molecular complexity index is 595. The van der Waals surface area contributed by atoms with Crippen molar-refractivity contribution in [1.29, 1.82) is 0 Å². The van der Waals surface area contributed by atoms with Crippen molar-refractivity contribution in [1.82, 2.24) is 4.98 Å². The van der Waals surface area contributed by atoms with E-state index in [1.165, 1.54) is 18.9 Å². The van der Waals surface area contributed by atoms with Crippen molar-refractivity contribution in [2.24, 2.45) is 0 Å². The van der Waals surface area contributed by atoms with Crippen LogP contribution in [0, 0.1) is 0 Å². The Balaban J connectivity index is 1.98. The molecule has 1 aliphatic rings. The van der Waals surface area contributed by atoms with Crippen molar-refractivity contribution in [3.63, 3.8) is 0 Å². The molecule has 5 heteroatoms. The standard InChI is InChI=1S/C13H11NO2S2/c15-11(16)6-5-9-12(8-3-4-8)14-13(18-9)10-2-1-7-17-10/h1-2,5-8H,3-4H2,(H,15,16)/b6-5+. The van der Waals surface area contributed by atoms with Gasteiger partial charge in [-0.1, -0.05) is 6.07 Å². The van der Waals surface area contributed by atoms with E-state index in [4.69, 9.17) is 5.11 Å². The van der Waals surface area contributed by atoms with Crippen molar-refractivity contribution in [2.45, 2.75) is 18.8 Å². The lowest BCUT2D eigenvalue weighted by atomic mass is 10.2. The van der Waals surface area contributed by atoms with Gasteiger partial charge in [-0.2, -0.15) is 0 Å². The largest absolute Gasteiger partial charge is 0.478 e. The molecule has 1 saturated carbocycles. The Kier molecular flexibility index (Phi) is 3.01. The topological polar surface area (TPSA) is 50.2 Å². The van der Waals surface area contributed by atoms with Gasteiger partial charge in [0, 0.05) is 12.0 Å². The summed E-state index contributed by atoms with van der Waals surface area (Å²) in [6.45, 7) is 0. The number of carbonyl (C=O) groups is 1. The highest BCUT2D eigenvalue weighted by Crippen LogP contribution is 2.45. The average molecular weight is 277 g/mol. The van der Waals surface area contributed by atoms with Crippen LogP contribution in [0.4, 0.5) is 0 Å². The molecule has 1 N–H and O–H groups in total. The molecule has 2 heterocycles. The minimum atomic E-state index is -0.914. The molecule has 0 bridgehead atoms. The summed E-state index contributed by atoms with van der Waals surface area (Å²) in [6, 6.07) is 4.05. The van der Waals surface area contributed by atoms with Crippen LogP contribution in [0.5, 0.6) is 0 Å². The summed E-state index contributed by atoms with van der Waals surface area (Å²) in [7, 11) is 0. The van der Waals surface area contributed by atoms with Crippen LogP contribution in [-0.2, 0) is 4.79 Å². The van der Waals surface area contributed by atoms with E-state index < -0.39 is 5.97 Å². The maximum absolute atomic E-state index is 10.6. The lowest BCUT2D eigenvalue weighted by molar-refractivity contribution is -0.131. The molecule has 3 nitrogen and oxygen atoms in total. The van der Waals surface area contributed by atoms with E-state index in [2.05, 4.69) is 4.98 Å². The molecule has 18 heavy (non-hydrogen) atoms. The van der Waals surface area contributed by atoms with Crippen LogP contribution in [0.2, 0.25) is 0 Å². The minimum absolute atomic E-state index is 0.531. The summed E-state index contributed by atoms with van der Waals surface area (Å²) >= 11 is 3.24. The van der Waals surface area contributed by atoms with Crippen molar-refractivity contribution >= 4 is 34.7 Å². The zero-order valence-corrected chi connectivity index (χ0v) is 11.1. The van der Waals surface area contributed by atoms with E-state index in [1.807, 2.05) is 17.5 Å². The predicted octanol–water partition coefficient (Wildman–Crippen LogP) is 3.85. The monoisotopic (exact) mass is 277 g/mol. The van der Waals surface area contributed by atoms with Crippen LogP contribution in [0.1, 0.15) is 29.3 Å². The highest BCUT2D eigenvalue weighted by atomic mass is 32.1. The summed E-state index contributed by atoms with van der Waals surface area (Å²) in [6.07, 6.45) is 5.20. The van der Waals surface area contributed by atoms with Gasteiger partial charge in [0.2, 0.25) is 0 Å². The number of rotatable bonds is 4. The smallest absolute Gasteiger partial charge is 0.328 e. The second kappa shape index (κ2) is 4.66. The third-order valence-corrected chi connectivity index (χ3v) is 4.83. The van der Waals surface area contributed by atoms with Gasteiger partial charge in [0.05, 0.1) is 15.4 Å². The van der Waals surface area contributed by atoms with Gasteiger partial charge in [-0.3, -0.25) is 0 Å². The molecule has 0 aliphatic heterocycles. The number of aromatic nitrogens is 1. The average Bonchev–Trinajstić information content (AvgIpc) is 2.91. The molecule has 0 radical (unpaired) electrons. The van der Waals surface area contributed by atoms with Crippen molar-refractivity contribution in [3.05, 3.63) is 34.2 Å². The van der Waals surface area contributed by atoms with E-state index in [-0.39, 0.29) is 0 Å². The fourth-order valence-electron chi connectivity index (χ4n) is 1.77. The van der Waals surface area contributed by atoms with Gasteiger partial charge in [0.25, 0.3) is 0 Å². The minimum Gasteiger partial charge on any atom is -0.478 e. The van der Waals surface area contributed by atoms with Crippen LogP contribution >= 0.6 is 22.7 Å². The van der Waals surface area contributed by atoms with E-state index in [1.54, 1.807) is 28.7 Å². The molecule has 1 fully saturated rings. The second-order valence-corrected chi connectivity index (χ2v) is 6.17. The van der Waals surface area contributed by atoms with Gasteiger partial charge in [-0.15, -0.1) is 22.7 Å². The Morgan fingerprint density at radius 2 is 2.33 bits per heavy atom. The summed E-state index contributed by atoms with van der Waals surface area (Å²) in [5.74, 6) is -0.383. The van der Waals surface area contributed by atoms with Crippen LogP contribution in [0.3, 0.4) is 0 Å². The van der Waals surface area contributed by atoms with Gasteiger partial charge in [0.15, 0.2) is 0 Å². The first-order chi connectivity index (χ1) is 8.74. The fraction of sp³-hybridized carbons (Fsp3) is 0.231. The van der Waals surface area contributed by atoms with Crippen LogP contribution in [0.25, 0.3) is 16.0 Å². The van der Waals surface area contributed by atoms with Gasteiger partial charge in [-0.05, 0) is 30.4 Å². The van der Waals surface area contributed by atoms with Gasteiger partial charge < -0.3 is 5.11 Å². The molecule has 0 atom stereocenters. The number of hydrogen-bond donors (Lipinski definition) is 1. The number of nitrogens with zero attached hydrogens (tertiary/aromatic N) is 1. The molecular formula is C13H11NO2S2. The third kappa shape index (κ3) is 2.37. The molecule has 1 aliphatic carbocycles. The molecule has 0 saturated heterocycles. The van der Waals surface area contributed by atoms with E-state index >= 15 is 0 Å². The molecule has 0 spiro atoms. The number of hydrogen-bond acceptors (Lipinski definition) is 4. The van der Waals surface area contributed by atoms with Gasteiger partial charge in [0.1, 0.15) is 5.01 Å². The molecule has 3 rings (SSSR count). The molecule has 92 valence electrons. The van der Waals surface area contributed by atoms with Crippen molar-refractivity contribution in [3.8, 4) is 9.88 Å². The maximum Gasteiger partial charge on any atom is 0.328 e. The summed E-state index contributed by atoms with van der Waals surface area (Å²) in [4.78, 5) is 17.4. The number of thiazole rings is 1. The SMILES string of the molecule is O=C(O)/C=C/c1sc(-c2cccs2)nc1C1CC1. The Labute approximate surface area is 112 Å². The molecule has 0 amide bonds. The van der Waals surface area contributed by atoms with Crippen LogP contribution in [0.15, 0.2) is 23.6 Å². The fourth-order valence-corrected chi connectivity index (χ4v) is 3.62. The summed E-state index contributed by atoms with van der Waals surface area (Å²) in [5.41, 5.74) is 1.07. The number of carboxylic acid groups (broad SMARTS) is 1. The normalized spacial score (nSPS) is 15.3. The molecule has 0 unspecified atom stereocenters. The lowest BCUT2D eigenvalue weighted by Gasteiger charge is -1.91. The maximum atomic E-state index is 10.6. The number of thiophene rings is 1. The Morgan fingerprint density at radius 1 is 1.50 bits per heavy atom. The molecule has 0 aromatic carbocycles. The molecule has 2 aromatic heterocycles. The lowest BCUT2D eigenvalue weighted by Crippen LogP contribution is -1.87.